The number of halogens is 3. The Bertz CT molecular complexity index is 639. The van der Waals surface area contributed by atoms with E-state index >= 15 is 0 Å². The van der Waals surface area contributed by atoms with E-state index in [-0.39, 0.29) is 12.1 Å². The van der Waals surface area contributed by atoms with Crippen LogP contribution in [0.1, 0.15) is 17.8 Å². The normalized spacial score (nSPS) is 17.8. The number of benzene rings is 1. The molecule has 6 heteroatoms. The first kappa shape index (κ1) is 14.1. The van der Waals surface area contributed by atoms with Gasteiger partial charge in [-0.1, -0.05) is 0 Å². The summed E-state index contributed by atoms with van der Waals surface area (Å²) >= 11 is 0. The second-order valence-electron chi connectivity index (χ2n) is 5.39. The van der Waals surface area contributed by atoms with E-state index < -0.39 is 17.5 Å². The molecule has 1 N–H and O–H groups in total. The van der Waals surface area contributed by atoms with Crippen LogP contribution < -0.4 is 5.32 Å². The largest absolute Gasteiger partial charge is 0.335 e. The van der Waals surface area contributed by atoms with Gasteiger partial charge in [0.1, 0.15) is 11.6 Å². The monoisotopic (exact) mass is 295 g/mol. The van der Waals surface area contributed by atoms with Crippen molar-refractivity contribution in [2.24, 2.45) is 5.92 Å². The zero-order chi connectivity index (χ0) is 14.8. The van der Waals surface area contributed by atoms with E-state index in [2.05, 4.69) is 14.9 Å². The van der Waals surface area contributed by atoms with Crippen molar-refractivity contribution in [3.8, 4) is 0 Å². The molecule has 0 unspecified atom stereocenters. The minimum atomic E-state index is -1.16. The lowest BCUT2D eigenvalue weighted by atomic mass is 9.99. The molecule has 2 aromatic rings. The third kappa shape index (κ3) is 3.10. The number of aromatic nitrogens is 2. The van der Waals surface area contributed by atoms with Crippen molar-refractivity contribution in [2.45, 2.75) is 25.9 Å². The third-order valence-corrected chi connectivity index (χ3v) is 3.87. The minimum absolute atomic E-state index is 0.146. The summed E-state index contributed by atoms with van der Waals surface area (Å²) in [5, 5.41) is 3.12. The first-order chi connectivity index (χ1) is 10.1. The van der Waals surface area contributed by atoms with Crippen molar-refractivity contribution in [2.75, 3.05) is 6.54 Å². The van der Waals surface area contributed by atoms with Crippen LogP contribution in [0.5, 0.6) is 0 Å². The van der Waals surface area contributed by atoms with Crippen LogP contribution in [0.3, 0.4) is 0 Å². The maximum absolute atomic E-state index is 13.5. The SMILES string of the molecule is Fc1cc(F)c(CNC[C@@H]2CCc3nccn3C2)cc1F. The van der Waals surface area contributed by atoms with Gasteiger partial charge in [0.15, 0.2) is 11.6 Å². The van der Waals surface area contributed by atoms with Crippen molar-refractivity contribution in [1.82, 2.24) is 14.9 Å². The van der Waals surface area contributed by atoms with E-state index in [1.807, 2.05) is 6.20 Å². The van der Waals surface area contributed by atoms with Gasteiger partial charge in [-0.15, -0.1) is 0 Å². The molecule has 21 heavy (non-hydrogen) atoms. The summed E-state index contributed by atoms with van der Waals surface area (Å²) in [6.45, 7) is 1.77. The molecule has 1 aromatic carbocycles. The number of nitrogens with one attached hydrogen (secondary N) is 1. The standard InChI is InChI=1S/C15H16F3N3/c16-12-6-14(18)13(17)5-11(12)8-19-7-10-1-2-15-20-3-4-21(15)9-10/h3-6,10,19H,1-2,7-9H2/t10-/m0/s1. The van der Waals surface area contributed by atoms with Crippen molar-refractivity contribution in [1.29, 1.82) is 0 Å². The Morgan fingerprint density at radius 3 is 2.86 bits per heavy atom. The van der Waals surface area contributed by atoms with Gasteiger partial charge < -0.3 is 9.88 Å². The summed E-state index contributed by atoms with van der Waals surface area (Å²) in [6.07, 6.45) is 5.70. The maximum atomic E-state index is 13.5. The molecule has 1 aromatic heterocycles. The lowest BCUT2D eigenvalue weighted by Gasteiger charge is -2.24. The fraction of sp³-hybridized carbons (Fsp3) is 0.400. The molecule has 0 bridgehead atoms. The highest BCUT2D eigenvalue weighted by atomic mass is 19.2. The van der Waals surface area contributed by atoms with Crippen molar-refractivity contribution in [3.05, 3.63) is 53.4 Å². The van der Waals surface area contributed by atoms with Crippen LogP contribution in [0, 0.1) is 23.4 Å². The maximum Gasteiger partial charge on any atom is 0.161 e. The molecular weight excluding hydrogens is 279 g/mol. The fourth-order valence-corrected chi connectivity index (χ4v) is 2.71. The first-order valence-electron chi connectivity index (χ1n) is 6.97. The molecule has 0 spiro atoms. The smallest absolute Gasteiger partial charge is 0.161 e. The van der Waals surface area contributed by atoms with Crippen LogP contribution in [0.15, 0.2) is 24.5 Å². The third-order valence-electron chi connectivity index (χ3n) is 3.87. The van der Waals surface area contributed by atoms with Crippen molar-refractivity contribution in [3.63, 3.8) is 0 Å². The molecule has 0 saturated carbocycles. The number of hydrogen-bond acceptors (Lipinski definition) is 2. The topological polar surface area (TPSA) is 29.9 Å². The number of nitrogens with zero attached hydrogens (tertiary/aromatic N) is 2. The van der Waals surface area contributed by atoms with Gasteiger partial charge in [-0.25, -0.2) is 18.2 Å². The summed E-state index contributed by atoms with van der Waals surface area (Å²) in [5.41, 5.74) is 0.146. The number of fused-ring (bicyclic) bond motifs is 1. The Morgan fingerprint density at radius 2 is 2.00 bits per heavy atom. The molecule has 0 saturated heterocycles. The summed E-state index contributed by atoms with van der Waals surface area (Å²) < 4.78 is 41.5. The van der Waals surface area contributed by atoms with E-state index in [1.54, 1.807) is 6.20 Å². The molecule has 1 aliphatic heterocycles. The Kier molecular flexibility index (Phi) is 3.96. The number of rotatable bonds is 4. The Balaban J connectivity index is 1.54. The highest BCUT2D eigenvalue weighted by Gasteiger charge is 2.18. The van der Waals surface area contributed by atoms with Gasteiger partial charge in [0.05, 0.1) is 0 Å². The van der Waals surface area contributed by atoms with E-state index in [4.69, 9.17) is 0 Å². The predicted molar refractivity (Wildman–Crippen MR) is 72.1 cm³/mol. The van der Waals surface area contributed by atoms with Crippen molar-refractivity contribution >= 4 is 0 Å². The zero-order valence-electron chi connectivity index (χ0n) is 11.5. The van der Waals surface area contributed by atoms with E-state index in [9.17, 15) is 13.2 Å². The number of imidazole rings is 1. The van der Waals surface area contributed by atoms with Crippen molar-refractivity contribution < 1.29 is 13.2 Å². The Labute approximate surface area is 120 Å². The average molecular weight is 295 g/mol. The van der Waals surface area contributed by atoms with Crippen LogP contribution in [0.2, 0.25) is 0 Å². The number of aryl methyl sites for hydroxylation is 1. The van der Waals surface area contributed by atoms with Crippen LogP contribution in [-0.2, 0) is 19.5 Å². The zero-order valence-corrected chi connectivity index (χ0v) is 11.5. The molecule has 0 amide bonds. The molecule has 0 fully saturated rings. The molecule has 0 aliphatic carbocycles. The van der Waals surface area contributed by atoms with Gasteiger partial charge in [0.2, 0.25) is 0 Å². The van der Waals surface area contributed by atoms with E-state index in [0.717, 1.165) is 31.3 Å². The van der Waals surface area contributed by atoms with Gasteiger partial charge in [-0.05, 0) is 24.9 Å². The Morgan fingerprint density at radius 1 is 1.19 bits per heavy atom. The minimum Gasteiger partial charge on any atom is -0.335 e. The average Bonchev–Trinajstić information content (AvgIpc) is 2.92. The predicted octanol–water partition coefficient (Wildman–Crippen LogP) is 2.65. The molecule has 1 aliphatic rings. The van der Waals surface area contributed by atoms with E-state index in [0.29, 0.717) is 18.5 Å². The summed E-state index contributed by atoms with van der Waals surface area (Å²) in [6, 6.07) is 1.50. The molecule has 2 heterocycles. The molecule has 112 valence electrons. The van der Waals surface area contributed by atoms with E-state index in [1.165, 1.54) is 0 Å². The van der Waals surface area contributed by atoms with Gasteiger partial charge in [0.25, 0.3) is 0 Å². The molecule has 3 nitrogen and oxygen atoms in total. The number of hydrogen-bond donors (Lipinski definition) is 1. The molecular formula is C15H16F3N3. The van der Waals surface area contributed by atoms with Gasteiger partial charge in [0, 0.05) is 43.5 Å². The molecule has 0 radical (unpaired) electrons. The van der Waals surface area contributed by atoms with Gasteiger partial charge >= 0.3 is 0 Å². The highest BCUT2D eigenvalue weighted by Crippen LogP contribution is 2.18. The Hall–Kier alpha value is -1.82. The van der Waals surface area contributed by atoms with Crippen LogP contribution in [-0.4, -0.2) is 16.1 Å². The van der Waals surface area contributed by atoms with Crippen LogP contribution in [0.25, 0.3) is 0 Å². The quantitative estimate of drug-likeness (QED) is 0.879. The summed E-state index contributed by atoms with van der Waals surface area (Å²) in [7, 11) is 0. The summed E-state index contributed by atoms with van der Waals surface area (Å²) in [5.74, 6) is -1.37. The highest BCUT2D eigenvalue weighted by molar-refractivity contribution is 5.19. The summed E-state index contributed by atoms with van der Waals surface area (Å²) in [4.78, 5) is 4.26. The molecule has 1 atom stereocenters. The van der Waals surface area contributed by atoms with Gasteiger partial charge in [-0.2, -0.15) is 0 Å². The van der Waals surface area contributed by atoms with Crippen LogP contribution in [0.4, 0.5) is 13.2 Å². The molecule has 3 rings (SSSR count). The second kappa shape index (κ2) is 5.89. The lowest BCUT2D eigenvalue weighted by molar-refractivity contribution is 0.346. The second-order valence-corrected chi connectivity index (χ2v) is 5.39. The first-order valence-corrected chi connectivity index (χ1v) is 6.97. The van der Waals surface area contributed by atoms with Crippen LogP contribution >= 0.6 is 0 Å². The lowest BCUT2D eigenvalue weighted by Crippen LogP contribution is -2.30. The fourth-order valence-electron chi connectivity index (χ4n) is 2.71. The van der Waals surface area contributed by atoms with Gasteiger partial charge in [-0.3, -0.25) is 0 Å².